The maximum absolute atomic E-state index is 5.74. The van der Waals surface area contributed by atoms with Crippen LogP contribution in [-0.2, 0) is 4.74 Å². The van der Waals surface area contributed by atoms with Crippen LogP contribution in [0.15, 0.2) is 35.1 Å². The summed E-state index contributed by atoms with van der Waals surface area (Å²) in [5.41, 5.74) is 1.95. The Labute approximate surface area is 118 Å². The molecule has 1 aromatic carbocycles. The van der Waals surface area contributed by atoms with Crippen molar-refractivity contribution in [1.29, 1.82) is 0 Å². The largest absolute Gasteiger partial charge is 0.423 e. The van der Waals surface area contributed by atoms with E-state index in [1.165, 1.54) is 6.39 Å². The van der Waals surface area contributed by atoms with E-state index in [1.54, 1.807) is 0 Å². The zero-order chi connectivity index (χ0) is 14.0. The molecule has 1 aromatic heterocycles. The fourth-order valence-corrected chi connectivity index (χ4v) is 2.63. The van der Waals surface area contributed by atoms with Gasteiger partial charge in [-0.25, -0.2) is 0 Å². The highest BCUT2D eigenvalue weighted by molar-refractivity contribution is 5.61. The van der Waals surface area contributed by atoms with E-state index in [0.29, 0.717) is 11.9 Å². The molecule has 1 aliphatic rings. The fraction of sp³-hybridized carbons (Fsp3) is 0.467. The highest BCUT2D eigenvalue weighted by Crippen LogP contribution is 2.27. The first-order chi connectivity index (χ1) is 9.62. The van der Waals surface area contributed by atoms with Crippen molar-refractivity contribution in [2.45, 2.75) is 38.3 Å². The number of rotatable bonds is 3. The van der Waals surface area contributed by atoms with Crippen molar-refractivity contribution in [3.63, 3.8) is 0 Å². The van der Waals surface area contributed by atoms with Gasteiger partial charge < -0.3 is 14.5 Å². The second-order valence-electron chi connectivity index (χ2n) is 5.77. The summed E-state index contributed by atoms with van der Waals surface area (Å²) in [4.78, 5) is 0. The first-order valence-electron chi connectivity index (χ1n) is 6.89. The summed E-state index contributed by atoms with van der Waals surface area (Å²) in [6.45, 7) is 5.07. The van der Waals surface area contributed by atoms with E-state index < -0.39 is 0 Å². The Bertz CT molecular complexity index is 566. The van der Waals surface area contributed by atoms with Crippen LogP contribution in [0.2, 0.25) is 0 Å². The van der Waals surface area contributed by atoms with Crippen molar-refractivity contribution >= 4 is 5.69 Å². The summed E-state index contributed by atoms with van der Waals surface area (Å²) in [6, 6.07) is 8.48. The van der Waals surface area contributed by atoms with E-state index in [4.69, 9.17) is 9.15 Å². The number of anilines is 1. The summed E-state index contributed by atoms with van der Waals surface area (Å²) in [7, 11) is 0. The minimum absolute atomic E-state index is 0.0555. The van der Waals surface area contributed by atoms with Gasteiger partial charge in [-0.2, -0.15) is 0 Å². The second-order valence-corrected chi connectivity index (χ2v) is 5.77. The third kappa shape index (κ3) is 2.99. The predicted molar refractivity (Wildman–Crippen MR) is 76.4 cm³/mol. The van der Waals surface area contributed by atoms with Crippen molar-refractivity contribution < 1.29 is 9.15 Å². The van der Waals surface area contributed by atoms with Gasteiger partial charge in [0.2, 0.25) is 12.3 Å². The number of hydrogen-bond acceptors (Lipinski definition) is 5. The van der Waals surface area contributed by atoms with E-state index >= 15 is 0 Å². The van der Waals surface area contributed by atoms with Crippen LogP contribution in [0, 0.1) is 0 Å². The Kier molecular flexibility index (Phi) is 3.44. The number of ether oxygens (including phenoxy) is 1. The van der Waals surface area contributed by atoms with E-state index in [2.05, 4.69) is 35.4 Å². The van der Waals surface area contributed by atoms with Gasteiger partial charge in [-0.15, -0.1) is 10.2 Å². The van der Waals surface area contributed by atoms with Crippen molar-refractivity contribution in [3.8, 4) is 11.5 Å². The number of benzene rings is 1. The zero-order valence-electron chi connectivity index (χ0n) is 11.8. The molecule has 20 heavy (non-hydrogen) atoms. The van der Waals surface area contributed by atoms with Gasteiger partial charge in [-0.1, -0.05) is 6.07 Å². The molecule has 5 heteroatoms. The molecule has 0 saturated carbocycles. The maximum atomic E-state index is 5.74. The Morgan fingerprint density at radius 3 is 3.00 bits per heavy atom. The molecular formula is C15H19N3O2. The normalized spacial score (nSPS) is 21.6. The lowest BCUT2D eigenvalue weighted by atomic mass is 9.94. The third-order valence-electron chi connectivity index (χ3n) is 3.54. The summed E-state index contributed by atoms with van der Waals surface area (Å²) < 4.78 is 11.0. The molecule has 1 atom stereocenters. The number of hydrogen-bond donors (Lipinski definition) is 1. The molecule has 5 nitrogen and oxygen atoms in total. The Balaban J connectivity index is 1.73. The molecule has 2 aromatic rings. The van der Waals surface area contributed by atoms with Crippen LogP contribution in [0.25, 0.3) is 11.5 Å². The van der Waals surface area contributed by atoms with Gasteiger partial charge in [0.25, 0.3) is 0 Å². The number of aromatic nitrogens is 2. The molecule has 0 radical (unpaired) electrons. The van der Waals surface area contributed by atoms with Crippen molar-refractivity contribution in [2.24, 2.45) is 0 Å². The maximum Gasteiger partial charge on any atom is 0.247 e. The molecule has 1 N–H and O–H groups in total. The number of nitrogens with one attached hydrogen (secondary N) is 1. The highest BCUT2D eigenvalue weighted by atomic mass is 16.5. The molecule has 1 unspecified atom stereocenters. The van der Waals surface area contributed by atoms with Crippen LogP contribution < -0.4 is 5.32 Å². The first kappa shape index (κ1) is 13.1. The Morgan fingerprint density at radius 2 is 2.25 bits per heavy atom. The lowest BCUT2D eigenvalue weighted by Crippen LogP contribution is -2.40. The number of nitrogens with zero attached hydrogens (tertiary/aromatic N) is 2. The minimum Gasteiger partial charge on any atom is -0.423 e. The Hall–Kier alpha value is -1.88. The third-order valence-corrected chi connectivity index (χ3v) is 3.54. The standard InChI is InChI=1S/C15H19N3O2/c1-15(2)9-13(6-7-20-15)17-12-5-3-4-11(8-12)14-18-16-10-19-14/h3-5,8,10,13,17H,6-7,9H2,1-2H3. The van der Waals surface area contributed by atoms with Crippen LogP contribution in [-0.4, -0.2) is 28.4 Å². The van der Waals surface area contributed by atoms with Gasteiger partial charge in [0.05, 0.1) is 5.60 Å². The van der Waals surface area contributed by atoms with E-state index in [-0.39, 0.29) is 5.60 Å². The molecular weight excluding hydrogens is 254 g/mol. The molecule has 0 spiro atoms. The summed E-state index contributed by atoms with van der Waals surface area (Å²) in [5, 5.41) is 11.2. The van der Waals surface area contributed by atoms with E-state index in [1.807, 2.05) is 18.2 Å². The summed E-state index contributed by atoms with van der Waals surface area (Å²) >= 11 is 0. The van der Waals surface area contributed by atoms with Gasteiger partial charge in [0.1, 0.15) is 0 Å². The monoisotopic (exact) mass is 273 g/mol. The van der Waals surface area contributed by atoms with Gasteiger partial charge >= 0.3 is 0 Å². The van der Waals surface area contributed by atoms with Crippen LogP contribution in [0.1, 0.15) is 26.7 Å². The molecule has 3 rings (SSSR count). The lowest BCUT2D eigenvalue weighted by molar-refractivity contribution is -0.0553. The van der Waals surface area contributed by atoms with Gasteiger partial charge in [-0.3, -0.25) is 0 Å². The Morgan fingerprint density at radius 1 is 1.35 bits per heavy atom. The van der Waals surface area contributed by atoms with Crippen LogP contribution in [0.4, 0.5) is 5.69 Å². The smallest absolute Gasteiger partial charge is 0.247 e. The lowest BCUT2D eigenvalue weighted by Gasteiger charge is -2.36. The van der Waals surface area contributed by atoms with E-state index in [0.717, 1.165) is 30.7 Å². The van der Waals surface area contributed by atoms with Gasteiger partial charge in [0.15, 0.2) is 0 Å². The average molecular weight is 273 g/mol. The van der Waals surface area contributed by atoms with Crippen molar-refractivity contribution in [1.82, 2.24) is 10.2 Å². The molecule has 2 heterocycles. The van der Waals surface area contributed by atoms with Crippen LogP contribution in [0.3, 0.4) is 0 Å². The van der Waals surface area contributed by atoms with Crippen molar-refractivity contribution in [3.05, 3.63) is 30.7 Å². The predicted octanol–water partition coefficient (Wildman–Crippen LogP) is 3.11. The van der Waals surface area contributed by atoms with E-state index in [9.17, 15) is 0 Å². The molecule has 106 valence electrons. The van der Waals surface area contributed by atoms with Gasteiger partial charge in [0, 0.05) is 23.9 Å². The van der Waals surface area contributed by atoms with Gasteiger partial charge in [-0.05, 0) is 44.9 Å². The fourth-order valence-electron chi connectivity index (χ4n) is 2.63. The SMILES string of the molecule is CC1(C)CC(Nc2cccc(-c3nnco3)c2)CCO1. The first-order valence-corrected chi connectivity index (χ1v) is 6.89. The molecule has 1 saturated heterocycles. The minimum atomic E-state index is -0.0555. The second kappa shape index (κ2) is 5.25. The quantitative estimate of drug-likeness (QED) is 0.931. The molecule has 1 aliphatic heterocycles. The van der Waals surface area contributed by atoms with Crippen molar-refractivity contribution in [2.75, 3.05) is 11.9 Å². The van der Waals surface area contributed by atoms with Crippen LogP contribution in [0.5, 0.6) is 0 Å². The molecule has 0 aliphatic carbocycles. The molecule has 0 amide bonds. The topological polar surface area (TPSA) is 60.2 Å². The van der Waals surface area contributed by atoms with Crippen LogP contribution >= 0.6 is 0 Å². The average Bonchev–Trinajstić information content (AvgIpc) is 2.91. The summed E-state index contributed by atoms with van der Waals surface area (Å²) in [6.07, 6.45) is 3.36. The zero-order valence-corrected chi connectivity index (χ0v) is 11.8. The highest BCUT2D eigenvalue weighted by Gasteiger charge is 2.28. The molecule has 0 bridgehead atoms. The molecule has 1 fully saturated rings. The summed E-state index contributed by atoms with van der Waals surface area (Å²) in [5.74, 6) is 0.543.